The third-order valence-corrected chi connectivity index (χ3v) is 15.1. The van der Waals surface area contributed by atoms with E-state index in [1.165, 1.54) is 116 Å². The van der Waals surface area contributed by atoms with Gasteiger partial charge in [0.15, 0.2) is 0 Å². The summed E-state index contributed by atoms with van der Waals surface area (Å²) in [6.07, 6.45) is 0. The zero-order chi connectivity index (χ0) is 45.9. The lowest BCUT2D eigenvalue weighted by atomic mass is 9.33. The molecule has 2 aliphatic heterocycles. The van der Waals surface area contributed by atoms with Crippen molar-refractivity contribution < 1.29 is 0 Å². The van der Waals surface area contributed by atoms with Crippen LogP contribution in [0.15, 0.2) is 255 Å². The quantitative estimate of drug-likeness (QED) is 0.126. The van der Waals surface area contributed by atoms with Crippen molar-refractivity contribution in [2.45, 2.75) is 0 Å². The van der Waals surface area contributed by atoms with Crippen molar-refractivity contribution in [3.63, 3.8) is 0 Å². The Kier molecular flexibility index (Phi) is 8.45. The van der Waals surface area contributed by atoms with Crippen molar-refractivity contribution in [2.24, 2.45) is 0 Å². The van der Waals surface area contributed by atoms with Crippen LogP contribution in [0.2, 0.25) is 0 Å². The van der Waals surface area contributed by atoms with Crippen LogP contribution >= 0.6 is 0 Å². The van der Waals surface area contributed by atoms with Crippen LogP contribution in [0.5, 0.6) is 0 Å². The number of rotatable bonds is 5. The Morgan fingerprint density at radius 2 is 0.743 bits per heavy atom. The van der Waals surface area contributed by atoms with E-state index in [1.807, 2.05) is 0 Å². The van der Waals surface area contributed by atoms with E-state index in [2.05, 4.69) is 269 Å². The van der Waals surface area contributed by atoms with Gasteiger partial charge in [-0.3, -0.25) is 0 Å². The topological polar surface area (TPSA) is 11.4 Å². The number of anilines is 6. The van der Waals surface area contributed by atoms with Crippen LogP contribution < -0.4 is 26.2 Å². The zero-order valence-corrected chi connectivity index (χ0v) is 38.2. The summed E-state index contributed by atoms with van der Waals surface area (Å²) in [5.41, 5.74) is 19.3. The van der Waals surface area contributed by atoms with E-state index in [0.29, 0.717) is 0 Å². The Balaban J connectivity index is 1.06. The van der Waals surface area contributed by atoms with Crippen LogP contribution in [0.3, 0.4) is 0 Å². The molecule has 0 saturated heterocycles. The number of nitrogens with zero attached hydrogens (tertiary/aromatic N) is 3. The molecule has 12 aromatic carbocycles. The average Bonchev–Trinajstić information content (AvgIpc) is 3.77. The van der Waals surface area contributed by atoms with Gasteiger partial charge < -0.3 is 14.4 Å². The Labute approximate surface area is 406 Å². The molecule has 70 heavy (non-hydrogen) atoms. The van der Waals surface area contributed by atoms with Gasteiger partial charge in [-0.2, -0.15) is 0 Å². The Morgan fingerprint density at radius 3 is 1.36 bits per heavy atom. The van der Waals surface area contributed by atoms with Crippen LogP contribution in [0.25, 0.3) is 82.1 Å². The van der Waals surface area contributed by atoms with E-state index < -0.39 is 0 Å². The molecule has 0 unspecified atom stereocenters. The normalized spacial score (nSPS) is 12.8. The van der Waals surface area contributed by atoms with Gasteiger partial charge in [-0.05, 0) is 144 Å². The van der Waals surface area contributed by atoms with Crippen molar-refractivity contribution in [3.05, 3.63) is 255 Å². The maximum absolute atomic E-state index is 2.55. The van der Waals surface area contributed by atoms with Gasteiger partial charge in [0.2, 0.25) is 0 Å². The highest BCUT2D eigenvalue weighted by molar-refractivity contribution is 7.00. The molecule has 1 aromatic heterocycles. The molecule has 0 radical (unpaired) electrons. The van der Waals surface area contributed by atoms with Crippen molar-refractivity contribution in [1.29, 1.82) is 0 Å². The first kappa shape index (κ1) is 38.9. The van der Waals surface area contributed by atoms with E-state index in [0.717, 1.165) is 17.1 Å². The summed E-state index contributed by atoms with van der Waals surface area (Å²) in [7, 11) is 0. The van der Waals surface area contributed by atoms with Crippen molar-refractivity contribution >= 4 is 111 Å². The van der Waals surface area contributed by atoms with Gasteiger partial charge in [-0.1, -0.05) is 182 Å². The van der Waals surface area contributed by atoms with Crippen LogP contribution in [0, 0.1) is 0 Å². The third-order valence-electron chi connectivity index (χ3n) is 15.1. The first-order valence-electron chi connectivity index (χ1n) is 24.3. The number of hydrogen-bond acceptors (Lipinski definition) is 2. The largest absolute Gasteiger partial charge is 0.311 e. The number of aromatic nitrogens is 1. The molecule has 3 heterocycles. The lowest BCUT2D eigenvalue weighted by molar-refractivity contribution is 1.17. The highest BCUT2D eigenvalue weighted by atomic mass is 15.2. The SMILES string of the molecule is c1ccc(N2c3ccccc3B3c4ccc(-n5c6ccccc6c6ccccc65)cc4N(c4ccccc4)c4cc(-c5c6ccccc6c(-c6ccc7ccccc7c6)c6ccccc56)cc2c43)cc1. The van der Waals surface area contributed by atoms with Gasteiger partial charge in [0.05, 0.1) is 11.0 Å². The fraction of sp³-hybridized carbons (Fsp3) is 0. The van der Waals surface area contributed by atoms with E-state index >= 15 is 0 Å². The molecule has 0 spiro atoms. The lowest BCUT2D eigenvalue weighted by Crippen LogP contribution is -2.61. The van der Waals surface area contributed by atoms with Gasteiger partial charge in [0.1, 0.15) is 0 Å². The van der Waals surface area contributed by atoms with Gasteiger partial charge in [0.25, 0.3) is 6.71 Å². The second-order valence-electron chi connectivity index (χ2n) is 18.8. The Hall–Kier alpha value is -9.12. The number of para-hydroxylation sites is 5. The fourth-order valence-corrected chi connectivity index (χ4v) is 12.2. The monoisotopic (exact) mass is 887 g/mol. The summed E-state index contributed by atoms with van der Waals surface area (Å²) in [6.45, 7) is -0.0267. The maximum atomic E-state index is 2.55. The van der Waals surface area contributed by atoms with Crippen molar-refractivity contribution in [3.8, 4) is 27.9 Å². The number of fused-ring (bicyclic) bond motifs is 10. The molecule has 0 bridgehead atoms. The van der Waals surface area contributed by atoms with Crippen LogP contribution in [0.4, 0.5) is 34.1 Å². The number of hydrogen-bond donors (Lipinski definition) is 0. The molecular weight excluding hydrogens is 846 g/mol. The van der Waals surface area contributed by atoms with E-state index in [4.69, 9.17) is 0 Å². The predicted octanol–water partition coefficient (Wildman–Crippen LogP) is 15.7. The average molecular weight is 888 g/mol. The Bertz CT molecular complexity index is 4160. The predicted molar refractivity (Wildman–Crippen MR) is 298 cm³/mol. The zero-order valence-electron chi connectivity index (χ0n) is 38.2. The van der Waals surface area contributed by atoms with Gasteiger partial charge in [-0.15, -0.1) is 0 Å². The molecule has 0 saturated carbocycles. The molecule has 0 N–H and O–H groups in total. The van der Waals surface area contributed by atoms with Crippen LogP contribution in [-0.4, -0.2) is 11.3 Å². The maximum Gasteiger partial charge on any atom is 0.252 e. The van der Waals surface area contributed by atoms with E-state index in [1.54, 1.807) is 0 Å². The lowest BCUT2D eigenvalue weighted by Gasteiger charge is -2.44. The molecule has 0 fully saturated rings. The minimum atomic E-state index is -0.0267. The summed E-state index contributed by atoms with van der Waals surface area (Å²) >= 11 is 0. The Morgan fingerprint density at radius 1 is 0.271 bits per heavy atom. The second kappa shape index (κ2) is 15.2. The fourth-order valence-electron chi connectivity index (χ4n) is 12.2. The van der Waals surface area contributed by atoms with Crippen LogP contribution in [-0.2, 0) is 0 Å². The molecule has 15 rings (SSSR count). The molecule has 0 aliphatic carbocycles. The number of benzene rings is 12. The van der Waals surface area contributed by atoms with Crippen LogP contribution in [0.1, 0.15) is 0 Å². The highest BCUT2D eigenvalue weighted by Crippen LogP contribution is 2.50. The summed E-state index contributed by atoms with van der Waals surface area (Å²) in [4.78, 5) is 5.07. The molecule has 4 heteroatoms. The van der Waals surface area contributed by atoms with Crippen molar-refractivity contribution in [1.82, 2.24) is 4.57 Å². The molecule has 3 nitrogen and oxygen atoms in total. The summed E-state index contributed by atoms with van der Waals surface area (Å²) in [5.74, 6) is 0. The smallest absolute Gasteiger partial charge is 0.252 e. The van der Waals surface area contributed by atoms with E-state index in [9.17, 15) is 0 Å². The second-order valence-corrected chi connectivity index (χ2v) is 18.8. The molecule has 13 aromatic rings. The summed E-state index contributed by atoms with van der Waals surface area (Å²) < 4.78 is 2.45. The minimum Gasteiger partial charge on any atom is -0.311 e. The molecule has 324 valence electrons. The van der Waals surface area contributed by atoms with E-state index in [-0.39, 0.29) is 6.71 Å². The van der Waals surface area contributed by atoms with Gasteiger partial charge in [-0.25, -0.2) is 0 Å². The molecule has 0 atom stereocenters. The van der Waals surface area contributed by atoms with Gasteiger partial charge in [0, 0.05) is 50.6 Å². The summed E-state index contributed by atoms with van der Waals surface area (Å²) in [5, 5.41) is 9.92. The minimum absolute atomic E-state index is 0.0267. The third kappa shape index (κ3) is 5.65. The van der Waals surface area contributed by atoms with Crippen molar-refractivity contribution in [2.75, 3.05) is 9.80 Å². The highest BCUT2D eigenvalue weighted by Gasteiger charge is 2.44. The standard InChI is InChI=1S/C66H42BN3/c1-3-21-47(22-4-1)68-60-34-18-15-31-56(60)67-57-38-37-49(70-58-32-16-13-25-50(58)51-26-14-17-33-59(51)70)42-61(57)69(48-23-5-2-6-24-48)63-41-46(40-62(68)66(63)67)65-54-29-11-9-27-52(54)64(53-28-10-12-30-55(53)65)45-36-35-43-19-7-8-20-44(43)39-45/h1-42H. The van der Waals surface area contributed by atoms with Gasteiger partial charge >= 0.3 is 0 Å². The molecule has 0 amide bonds. The molecule has 2 aliphatic rings. The molecular formula is C66H42BN3. The first-order valence-corrected chi connectivity index (χ1v) is 24.3. The summed E-state index contributed by atoms with van der Waals surface area (Å²) in [6, 6.07) is 94.6. The first-order chi connectivity index (χ1) is 34.8.